The van der Waals surface area contributed by atoms with Crippen LogP contribution in [-0.4, -0.2) is 19.8 Å². The zero-order chi connectivity index (χ0) is 12.6. The molecule has 1 aromatic carbocycles. The lowest BCUT2D eigenvalue weighted by atomic mass is 9.86. The van der Waals surface area contributed by atoms with Crippen LogP contribution in [0, 0.1) is 0 Å². The predicted octanol–water partition coefficient (Wildman–Crippen LogP) is 2.06. The molecule has 0 aliphatic carbocycles. The Morgan fingerprint density at radius 3 is 2.25 bits per heavy atom. The van der Waals surface area contributed by atoms with Crippen LogP contribution in [0.2, 0.25) is 0 Å². The van der Waals surface area contributed by atoms with Gasteiger partial charge in [-0.05, 0) is 17.0 Å². The quantitative estimate of drug-likeness (QED) is 0.835. The molecule has 0 atom stereocenters. The number of nitrogens with one attached hydrogen (secondary N) is 1. The van der Waals surface area contributed by atoms with Crippen LogP contribution in [0.25, 0.3) is 0 Å². The number of aromatic hydroxyl groups is 1. The molecule has 4 nitrogen and oxygen atoms in total. The van der Waals surface area contributed by atoms with E-state index in [0.717, 1.165) is 11.8 Å². The lowest BCUT2D eigenvalue weighted by Gasteiger charge is -2.23. The Morgan fingerprint density at radius 1 is 1.25 bits per heavy atom. The van der Waals surface area contributed by atoms with Crippen LogP contribution in [0.15, 0.2) is 18.2 Å². The Bertz CT molecular complexity index is 486. The van der Waals surface area contributed by atoms with Crippen molar-refractivity contribution in [3.05, 3.63) is 23.8 Å². The van der Waals surface area contributed by atoms with E-state index in [9.17, 15) is 13.5 Å². The van der Waals surface area contributed by atoms with Gasteiger partial charge in [-0.25, -0.2) is 8.42 Å². The minimum Gasteiger partial charge on any atom is -0.508 e. The molecule has 1 aromatic rings. The van der Waals surface area contributed by atoms with Gasteiger partial charge in [0, 0.05) is 6.07 Å². The average molecular weight is 243 g/mol. The first kappa shape index (κ1) is 12.8. The largest absolute Gasteiger partial charge is 0.508 e. The van der Waals surface area contributed by atoms with Gasteiger partial charge in [0.1, 0.15) is 5.75 Å². The number of hydrogen-bond acceptors (Lipinski definition) is 3. The second-order valence-corrected chi connectivity index (χ2v) is 6.60. The second-order valence-electron chi connectivity index (χ2n) is 4.85. The Labute approximate surface area is 96.4 Å². The number of anilines is 1. The lowest BCUT2D eigenvalue weighted by Crippen LogP contribution is -2.17. The van der Waals surface area contributed by atoms with Crippen LogP contribution in [0.3, 0.4) is 0 Å². The van der Waals surface area contributed by atoms with Gasteiger partial charge in [0.05, 0.1) is 11.9 Å². The van der Waals surface area contributed by atoms with Crippen LogP contribution in [0.1, 0.15) is 26.3 Å². The summed E-state index contributed by atoms with van der Waals surface area (Å²) in [7, 11) is -3.34. The molecule has 0 radical (unpaired) electrons. The highest BCUT2D eigenvalue weighted by molar-refractivity contribution is 7.92. The maximum Gasteiger partial charge on any atom is 0.229 e. The first-order valence-electron chi connectivity index (χ1n) is 4.91. The highest BCUT2D eigenvalue weighted by Crippen LogP contribution is 2.32. The van der Waals surface area contributed by atoms with Gasteiger partial charge in [-0.1, -0.05) is 26.8 Å². The SMILES string of the molecule is CC(C)(C)c1ccc(O)cc1NS(C)(=O)=O. The number of benzene rings is 1. The number of rotatable bonds is 2. The van der Waals surface area contributed by atoms with E-state index < -0.39 is 10.0 Å². The highest BCUT2D eigenvalue weighted by Gasteiger charge is 2.19. The monoisotopic (exact) mass is 243 g/mol. The molecule has 0 fully saturated rings. The van der Waals surface area contributed by atoms with Crippen LogP contribution < -0.4 is 4.72 Å². The summed E-state index contributed by atoms with van der Waals surface area (Å²) in [5.74, 6) is 0.0409. The van der Waals surface area contributed by atoms with Crippen molar-refractivity contribution in [3.8, 4) is 5.75 Å². The first-order valence-corrected chi connectivity index (χ1v) is 6.80. The Balaban J connectivity index is 3.30. The van der Waals surface area contributed by atoms with Crippen LogP contribution in [0.5, 0.6) is 5.75 Å². The number of sulfonamides is 1. The summed E-state index contributed by atoms with van der Waals surface area (Å²) in [5, 5.41) is 9.37. The molecule has 0 aliphatic rings. The zero-order valence-corrected chi connectivity index (χ0v) is 10.7. The van der Waals surface area contributed by atoms with E-state index in [2.05, 4.69) is 4.72 Å². The Kier molecular flexibility index (Phi) is 3.19. The number of phenolic OH excluding ortho intramolecular Hbond substituents is 1. The van der Waals surface area contributed by atoms with E-state index in [1.54, 1.807) is 12.1 Å². The van der Waals surface area contributed by atoms with Crippen molar-refractivity contribution in [2.24, 2.45) is 0 Å². The molecule has 0 bridgehead atoms. The van der Waals surface area contributed by atoms with Crippen LogP contribution >= 0.6 is 0 Å². The van der Waals surface area contributed by atoms with E-state index in [0.29, 0.717) is 5.69 Å². The van der Waals surface area contributed by atoms with Crippen molar-refractivity contribution in [1.82, 2.24) is 0 Å². The maximum absolute atomic E-state index is 11.2. The molecule has 0 aromatic heterocycles. The Hall–Kier alpha value is -1.23. The second kappa shape index (κ2) is 3.97. The summed E-state index contributed by atoms with van der Waals surface area (Å²) in [4.78, 5) is 0. The van der Waals surface area contributed by atoms with Gasteiger partial charge in [0.2, 0.25) is 10.0 Å². The van der Waals surface area contributed by atoms with Crippen molar-refractivity contribution >= 4 is 15.7 Å². The van der Waals surface area contributed by atoms with Gasteiger partial charge in [-0.2, -0.15) is 0 Å². The molecule has 5 heteroatoms. The van der Waals surface area contributed by atoms with Crippen LogP contribution in [0.4, 0.5) is 5.69 Å². The van der Waals surface area contributed by atoms with Crippen molar-refractivity contribution < 1.29 is 13.5 Å². The molecule has 0 unspecified atom stereocenters. The average Bonchev–Trinajstić information content (AvgIpc) is 1.97. The highest BCUT2D eigenvalue weighted by atomic mass is 32.2. The molecular formula is C11H17NO3S. The third-order valence-electron chi connectivity index (χ3n) is 2.11. The van der Waals surface area contributed by atoms with E-state index in [4.69, 9.17) is 0 Å². The van der Waals surface area contributed by atoms with Crippen molar-refractivity contribution in [1.29, 1.82) is 0 Å². The summed E-state index contributed by atoms with van der Waals surface area (Å²) in [6.07, 6.45) is 1.09. The normalized spacial score (nSPS) is 12.5. The molecule has 0 spiro atoms. The first-order chi connectivity index (χ1) is 7.09. The van der Waals surface area contributed by atoms with Gasteiger partial charge in [0.15, 0.2) is 0 Å². The molecule has 0 heterocycles. The lowest BCUT2D eigenvalue weighted by molar-refractivity contribution is 0.474. The van der Waals surface area contributed by atoms with Gasteiger partial charge in [0.25, 0.3) is 0 Å². The minimum atomic E-state index is -3.34. The number of hydrogen-bond donors (Lipinski definition) is 2. The van der Waals surface area contributed by atoms with E-state index in [1.165, 1.54) is 6.07 Å². The predicted molar refractivity (Wildman–Crippen MR) is 65.3 cm³/mol. The smallest absolute Gasteiger partial charge is 0.229 e. The van der Waals surface area contributed by atoms with E-state index in [-0.39, 0.29) is 11.2 Å². The molecule has 16 heavy (non-hydrogen) atoms. The topological polar surface area (TPSA) is 66.4 Å². The summed E-state index contributed by atoms with van der Waals surface area (Å²) >= 11 is 0. The molecule has 2 N–H and O–H groups in total. The van der Waals surface area contributed by atoms with Gasteiger partial charge >= 0.3 is 0 Å². The summed E-state index contributed by atoms with van der Waals surface area (Å²) < 4.78 is 24.8. The van der Waals surface area contributed by atoms with Crippen molar-refractivity contribution in [3.63, 3.8) is 0 Å². The van der Waals surface area contributed by atoms with Gasteiger partial charge in [-0.3, -0.25) is 4.72 Å². The fourth-order valence-corrected chi connectivity index (χ4v) is 2.04. The van der Waals surface area contributed by atoms with Crippen LogP contribution in [-0.2, 0) is 15.4 Å². The molecule has 0 saturated carbocycles. The van der Waals surface area contributed by atoms with E-state index in [1.807, 2.05) is 20.8 Å². The molecule has 0 saturated heterocycles. The fraction of sp³-hybridized carbons (Fsp3) is 0.455. The van der Waals surface area contributed by atoms with Gasteiger partial charge < -0.3 is 5.11 Å². The number of phenols is 1. The molecular weight excluding hydrogens is 226 g/mol. The Morgan fingerprint density at radius 2 is 1.81 bits per heavy atom. The van der Waals surface area contributed by atoms with E-state index >= 15 is 0 Å². The summed E-state index contributed by atoms with van der Waals surface area (Å²) in [6, 6.07) is 4.69. The third kappa shape index (κ3) is 3.41. The fourth-order valence-electron chi connectivity index (χ4n) is 1.47. The third-order valence-corrected chi connectivity index (χ3v) is 2.70. The molecule has 0 amide bonds. The van der Waals surface area contributed by atoms with Crippen molar-refractivity contribution in [2.75, 3.05) is 11.0 Å². The molecule has 1 rings (SSSR count). The molecule has 90 valence electrons. The summed E-state index contributed by atoms with van der Waals surface area (Å²) in [6.45, 7) is 5.94. The van der Waals surface area contributed by atoms with Crippen molar-refractivity contribution in [2.45, 2.75) is 26.2 Å². The zero-order valence-electron chi connectivity index (χ0n) is 9.90. The van der Waals surface area contributed by atoms with Gasteiger partial charge in [-0.15, -0.1) is 0 Å². The minimum absolute atomic E-state index is 0.0409. The summed E-state index contributed by atoms with van der Waals surface area (Å²) in [5.41, 5.74) is 1.08. The standard InChI is InChI=1S/C11H17NO3S/c1-11(2,3)9-6-5-8(13)7-10(9)12-16(4,14)15/h5-7,12-13H,1-4H3. The molecule has 0 aliphatic heterocycles. The maximum atomic E-state index is 11.2.